The van der Waals surface area contributed by atoms with Crippen LogP contribution in [0.5, 0.6) is 0 Å². The number of aromatic nitrogens is 2. The van der Waals surface area contributed by atoms with Gasteiger partial charge in [-0.1, -0.05) is 5.11 Å². The Morgan fingerprint density at radius 3 is 3.25 bits per heavy atom. The summed E-state index contributed by atoms with van der Waals surface area (Å²) in [5.41, 5.74) is 8.48. The molecule has 0 aromatic carbocycles. The topological polar surface area (TPSA) is 124 Å². The van der Waals surface area contributed by atoms with Crippen LogP contribution in [0.15, 0.2) is 11.2 Å². The summed E-state index contributed by atoms with van der Waals surface area (Å²) in [6.45, 7) is 2.67. The molecule has 1 amide bonds. The molecule has 0 saturated carbocycles. The summed E-state index contributed by atoms with van der Waals surface area (Å²) in [5, 5.41) is 9.96. The Labute approximate surface area is 114 Å². The molecule has 1 atom stereocenters. The lowest BCUT2D eigenvalue weighted by Crippen LogP contribution is -2.25. The Kier molecular flexibility index (Phi) is 4.21. The number of nitrogens with zero attached hydrogens (tertiary/aromatic N) is 5. The third-order valence-corrected chi connectivity index (χ3v) is 2.94. The molecule has 2 rings (SSSR count). The van der Waals surface area contributed by atoms with Crippen LogP contribution in [0.3, 0.4) is 0 Å². The van der Waals surface area contributed by atoms with Crippen molar-refractivity contribution in [2.45, 2.75) is 13.3 Å². The highest BCUT2D eigenvalue weighted by molar-refractivity contribution is 5.96. The van der Waals surface area contributed by atoms with Gasteiger partial charge in [0.2, 0.25) is 5.91 Å². The number of hydrogen-bond donors (Lipinski definition) is 1. The van der Waals surface area contributed by atoms with Crippen molar-refractivity contribution in [2.75, 3.05) is 24.6 Å². The van der Waals surface area contributed by atoms with E-state index in [1.807, 2.05) is 0 Å². The van der Waals surface area contributed by atoms with Crippen molar-refractivity contribution < 1.29 is 14.3 Å². The van der Waals surface area contributed by atoms with Crippen molar-refractivity contribution >= 4 is 17.7 Å². The number of anilines is 1. The molecule has 1 unspecified atom stereocenters. The molecule has 1 N–H and O–H groups in total. The summed E-state index contributed by atoms with van der Waals surface area (Å²) in [7, 11) is 0. The van der Waals surface area contributed by atoms with Gasteiger partial charge in [0.1, 0.15) is 5.69 Å². The molecule has 9 heteroatoms. The predicted octanol–water partition coefficient (Wildman–Crippen LogP) is 1.25. The minimum Gasteiger partial charge on any atom is -0.461 e. The molecular formula is C11H14N6O3. The molecule has 20 heavy (non-hydrogen) atoms. The van der Waals surface area contributed by atoms with Crippen molar-refractivity contribution in [3.8, 4) is 0 Å². The number of H-pyrrole nitrogens is 1. The van der Waals surface area contributed by atoms with Crippen LogP contribution in [0.25, 0.3) is 10.4 Å². The predicted molar refractivity (Wildman–Crippen MR) is 69.0 cm³/mol. The SMILES string of the molecule is CCOC(=O)c1cc(N2CC(CN=[N+]=[N-])CC2=O)n[nH]1. The number of hydrogen-bond acceptors (Lipinski definition) is 5. The van der Waals surface area contributed by atoms with Gasteiger partial charge in [-0.2, -0.15) is 5.10 Å². The molecule has 0 bridgehead atoms. The van der Waals surface area contributed by atoms with Crippen LogP contribution in [0.1, 0.15) is 23.8 Å². The average molecular weight is 278 g/mol. The largest absolute Gasteiger partial charge is 0.461 e. The molecule has 9 nitrogen and oxygen atoms in total. The third-order valence-electron chi connectivity index (χ3n) is 2.94. The smallest absolute Gasteiger partial charge is 0.356 e. The van der Waals surface area contributed by atoms with Gasteiger partial charge in [0, 0.05) is 30.5 Å². The first-order chi connectivity index (χ1) is 9.65. The van der Waals surface area contributed by atoms with E-state index in [-0.39, 0.29) is 30.7 Å². The minimum atomic E-state index is -0.511. The average Bonchev–Trinajstić information content (AvgIpc) is 3.03. The first-order valence-electron chi connectivity index (χ1n) is 6.19. The maximum atomic E-state index is 11.9. The van der Waals surface area contributed by atoms with Gasteiger partial charge in [-0.3, -0.25) is 14.8 Å². The van der Waals surface area contributed by atoms with E-state index in [2.05, 4.69) is 20.2 Å². The number of aromatic amines is 1. The second kappa shape index (κ2) is 6.07. The van der Waals surface area contributed by atoms with E-state index in [4.69, 9.17) is 10.3 Å². The number of ether oxygens (including phenoxy) is 1. The Morgan fingerprint density at radius 2 is 2.55 bits per heavy atom. The molecule has 2 heterocycles. The molecule has 1 aromatic heterocycles. The van der Waals surface area contributed by atoms with Gasteiger partial charge in [-0.15, -0.1) is 0 Å². The fraction of sp³-hybridized carbons (Fsp3) is 0.545. The number of nitrogens with one attached hydrogen (secondary N) is 1. The summed E-state index contributed by atoms with van der Waals surface area (Å²) in [6.07, 6.45) is 0.306. The molecule has 1 aliphatic heterocycles. The van der Waals surface area contributed by atoms with E-state index in [0.717, 1.165) is 0 Å². The molecule has 1 saturated heterocycles. The summed E-state index contributed by atoms with van der Waals surface area (Å²) in [6, 6.07) is 1.48. The van der Waals surface area contributed by atoms with Crippen molar-refractivity contribution in [1.82, 2.24) is 10.2 Å². The Hall–Kier alpha value is -2.54. The quantitative estimate of drug-likeness (QED) is 0.376. The lowest BCUT2D eigenvalue weighted by atomic mass is 10.1. The molecule has 1 aliphatic rings. The lowest BCUT2D eigenvalue weighted by molar-refractivity contribution is -0.117. The molecule has 106 valence electrons. The van der Waals surface area contributed by atoms with E-state index in [1.54, 1.807) is 6.92 Å². The number of azide groups is 1. The molecule has 1 fully saturated rings. The van der Waals surface area contributed by atoms with Crippen LogP contribution in [0, 0.1) is 5.92 Å². The van der Waals surface area contributed by atoms with Gasteiger partial charge >= 0.3 is 5.97 Å². The van der Waals surface area contributed by atoms with Crippen LogP contribution in [0.4, 0.5) is 5.82 Å². The second-order valence-electron chi connectivity index (χ2n) is 4.35. The molecule has 0 aliphatic carbocycles. The fourth-order valence-corrected chi connectivity index (χ4v) is 2.04. The summed E-state index contributed by atoms with van der Waals surface area (Å²) < 4.78 is 4.84. The van der Waals surface area contributed by atoms with E-state index < -0.39 is 5.97 Å². The lowest BCUT2D eigenvalue weighted by Gasteiger charge is -2.12. The number of rotatable bonds is 5. The zero-order chi connectivity index (χ0) is 14.5. The number of carbonyl (C=O) groups excluding carboxylic acids is 2. The highest BCUT2D eigenvalue weighted by Gasteiger charge is 2.31. The van der Waals surface area contributed by atoms with Gasteiger partial charge in [0.05, 0.1) is 6.61 Å². The number of esters is 1. The van der Waals surface area contributed by atoms with Crippen molar-refractivity contribution in [3.05, 3.63) is 22.2 Å². The highest BCUT2D eigenvalue weighted by Crippen LogP contribution is 2.24. The normalized spacial score (nSPS) is 17.9. The van der Waals surface area contributed by atoms with E-state index in [0.29, 0.717) is 18.8 Å². The first-order valence-corrected chi connectivity index (χ1v) is 6.19. The minimum absolute atomic E-state index is 0.0267. The van der Waals surface area contributed by atoms with Crippen LogP contribution in [-0.2, 0) is 9.53 Å². The third kappa shape index (κ3) is 2.89. The van der Waals surface area contributed by atoms with Crippen molar-refractivity contribution in [2.24, 2.45) is 11.0 Å². The van der Waals surface area contributed by atoms with Crippen LogP contribution in [0.2, 0.25) is 0 Å². The molecule has 1 aromatic rings. The van der Waals surface area contributed by atoms with Crippen LogP contribution in [-0.4, -0.2) is 41.8 Å². The maximum Gasteiger partial charge on any atom is 0.356 e. The van der Waals surface area contributed by atoms with Gasteiger partial charge in [-0.05, 0) is 18.4 Å². The Morgan fingerprint density at radius 1 is 1.75 bits per heavy atom. The van der Waals surface area contributed by atoms with Gasteiger partial charge in [0.25, 0.3) is 0 Å². The zero-order valence-electron chi connectivity index (χ0n) is 10.9. The van der Waals surface area contributed by atoms with Gasteiger partial charge in [0.15, 0.2) is 5.82 Å². The van der Waals surface area contributed by atoms with Gasteiger partial charge < -0.3 is 4.74 Å². The summed E-state index contributed by atoms with van der Waals surface area (Å²) >= 11 is 0. The van der Waals surface area contributed by atoms with Gasteiger partial charge in [-0.25, -0.2) is 4.79 Å². The molecular weight excluding hydrogens is 264 g/mol. The Balaban J connectivity index is 2.06. The molecule has 0 spiro atoms. The number of carbonyl (C=O) groups is 2. The summed E-state index contributed by atoms with van der Waals surface area (Å²) in [5.74, 6) is -0.267. The van der Waals surface area contributed by atoms with Crippen molar-refractivity contribution in [3.63, 3.8) is 0 Å². The van der Waals surface area contributed by atoms with Crippen molar-refractivity contribution in [1.29, 1.82) is 0 Å². The van der Waals surface area contributed by atoms with E-state index in [9.17, 15) is 9.59 Å². The number of amides is 1. The van der Waals surface area contributed by atoms with Crippen LogP contribution >= 0.6 is 0 Å². The second-order valence-corrected chi connectivity index (χ2v) is 4.35. The van der Waals surface area contributed by atoms with E-state index in [1.165, 1.54) is 11.0 Å². The van der Waals surface area contributed by atoms with Crippen LogP contribution < -0.4 is 4.90 Å². The zero-order valence-corrected chi connectivity index (χ0v) is 10.9. The standard InChI is InChI=1S/C11H14N6O3/c1-2-20-11(19)8-4-9(15-14-8)17-6-7(3-10(17)18)5-13-16-12/h4,7H,2-3,5-6H2,1H3,(H,14,15). The fourth-order valence-electron chi connectivity index (χ4n) is 2.04. The molecule has 0 radical (unpaired) electrons. The van der Waals surface area contributed by atoms with E-state index >= 15 is 0 Å². The first kappa shape index (κ1) is 13.9. The summed E-state index contributed by atoms with van der Waals surface area (Å²) in [4.78, 5) is 27.5. The highest BCUT2D eigenvalue weighted by atomic mass is 16.5. The Bertz CT molecular complexity index is 562. The maximum absolute atomic E-state index is 11.9. The monoisotopic (exact) mass is 278 g/mol.